The minimum absolute atomic E-state index is 0.213. The fraction of sp³-hybridized carbons (Fsp3) is 0.500. The van der Waals surface area contributed by atoms with Crippen molar-refractivity contribution in [2.75, 3.05) is 6.58 Å². The molecule has 0 aliphatic rings. The van der Waals surface area contributed by atoms with Gasteiger partial charge in [-0.15, -0.1) is 0 Å². The summed E-state index contributed by atoms with van der Waals surface area (Å²) in [6.07, 6.45) is 0. The maximum Gasteiger partial charge on any atom is 0.296 e. The highest BCUT2D eigenvalue weighted by Gasteiger charge is 2.19. The van der Waals surface area contributed by atoms with Gasteiger partial charge in [0, 0.05) is 6.85 Å². The molecule has 90 valence electrons. The van der Waals surface area contributed by atoms with Gasteiger partial charge in [0.15, 0.2) is 0 Å². The van der Waals surface area contributed by atoms with Gasteiger partial charge in [-0.1, -0.05) is 38.3 Å². The summed E-state index contributed by atoms with van der Waals surface area (Å²) in [5.74, 6) is 0. The Morgan fingerprint density at radius 2 is 2.06 bits per heavy atom. The number of aryl methyl sites for hydroxylation is 1. The lowest BCUT2D eigenvalue weighted by Gasteiger charge is -2.17. The van der Waals surface area contributed by atoms with E-state index < -0.39 is 35.8 Å². The topological polar surface area (TPSA) is 43.4 Å². The Labute approximate surface area is 106 Å². The molecule has 2 atom stereocenters. The quantitative estimate of drug-likeness (QED) is 0.772. The lowest BCUT2D eigenvalue weighted by atomic mass is 9.99. The van der Waals surface area contributed by atoms with Gasteiger partial charge < -0.3 is 0 Å². The molecule has 1 rings (SSSR count). The number of hydrogen-bond acceptors (Lipinski definition) is 3. The van der Waals surface area contributed by atoms with Crippen LogP contribution in [0.4, 0.5) is 0 Å². The molecule has 16 heavy (non-hydrogen) atoms. The second-order valence-corrected chi connectivity index (χ2v) is 5.34. The second-order valence-electron chi connectivity index (χ2n) is 3.76. The van der Waals surface area contributed by atoms with Crippen LogP contribution in [0.2, 0.25) is 0 Å². The molecule has 0 spiro atoms. The Bertz CT molecular complexity index is 611. The third-order valence-electron chi connectivity index (χ3n) is 1.73. The van der Waals surface area contributed by atoms with Crippen molar-refractivity contribution in [1.82, 2.24) is 0 Å². The van der Waals surface area contributed by atoms with Crippen LogP contribution >= 0.6 is 0 Å². The van der Waals surface area contributed by atoms with Gasteiger partial charge in [-0.25, -0.2) is 0 Å². The fourth-order valence-electron chi connectivity index (χ4n) is 0.924. The SMILES string of the molecule is [2H]C([2H])[C@@](C)(C([2H])OS(=O)(=O)c1ccc(C)cc1)C([2H])([2H])[2H]. The summed E-state index contributed by atoms with van der Waals surface area (Å²) in [4.78, 5) is -0.213. The predicted octanol–water partition coefficient (Wildman–Crippen LogP) is 2.75. The van der Waals surface area contributed by atoms with Crippen LogP contribution in [0.25, 0.3) is 0 Å². The van der Waals surface area contributed by atoms with Gasteiger partial charge in [0.05, 0.1) is 12.8 Å². The van der Waals surface area contributed by atoms with Gasteiger partial charge in [-0.2, -0.15) is 8.42 Å². The van der Waals surface area contributed by atoms with Gasteiger partial charge in [0.1, 0.15) is 0 Å². The van der Waals surface area contributed by atoms with Crippen LogP contribution in [0.15, 0.2) is 29.2 Å². The van der Waals surface area contributed by atoms with E-state index in [9.17, 15) is 8.42 Å². The summed E-state index contributed by atoms with van der Waals surface area (Å²) in [5.41, 5.74) is -1.45. The average Bonchev–Trinajstić information content (AvgIpc) is 2.35. The highest BCUT2D eigenvalue weighted by atomic mass is 32.2. The van der Waals surface area contributed by atoms with Crippen molar-refractivity contribution in [3.8, 4) is 0 Å². The lowest BCUT2D eigenvalue weighted by molar-refractivity contribution is 0.203. The van der Waals surface area contributed by atoms with Crippen molar-refractivity contribution in [1.29, 1.82) is 0 Å². The van der Waals surface area contributed by atoms with Crippen molar-refractivity contribution in [3.63, 3.8) is 0 Å². The Kier molecular flexibility index (Phi) is 1.93. The highest BCUT2D eigenvalue weighted by Crippen LogP contribution is 2.19. The van der Waals surface area contributed by atoms with Crippen molar-refractivity contribution in [2.24, 2.45) is 5.41 Å². The van der Waals surface area contributed by atoms with Gasteiger partial charge in [-0.3, -0.25) is 4.18 Å². The first-order valence-electron chi connectivity index (χ1n) is 7.82. The van der Waals surface area contributed by atoms with E-state index in [0.29, 0.717) is 0 Å². The molecule has 0 N–H and O–H groups in total. The minimum Gasteiger partial charge on any atom is -0.266 e. The highest BCUT2D eigenvalue weighted by molar-refractivity contribution is 7.86. The van der Waals surface area contributed by atoms with E-state index in [0.717, 1.165) is 12.5 Å². The molecule has 0 amide bonds. The van der Waals surface area contributed by atoms with Gasteiger partial charge in [0.2, 0.25) is 0 Å². The van der Waals surface area contributed by atoms with Crippen LogP contribution in [0, 0.1) is 12.3 Å². The largest absolute Gasteiger partial charge is 0.296 e. The molecule has 0 bridgehead atoms. The molecular weight excluding hydrogens is 224 g/mol. The van der Waals surface area contributed by atoms with E-state index in [4.69, 9.17) is 8.22 Å². The summed E-state index contributed by atoms with van der Waals surface area (Å²) in [5, 5.41) is 0. The zero-order valence-electron chi connectivity index (χ0n) is 15.1. The van der Waals surface area contributed by atoms with Crippen LogP contribution in [0.5, 0.6) is 0 Å². The monoisotopic (exact) mass is 248 g/mol. The Morgan fingerprint density at radius 3 is 2.56 bits per heavy atom. The van der Waals surface area contributed by atoms with E-state index in [-0.39, 0.29) is 4.90 Å². The Hall–Kier alpha value is -0.870. The number of rotatable bonds is 3. The Morgan fingerprint density at radius 1 is 1.44 bits per heavy atom. The van der Waals surface area contributed by atoms with Crippen LogP contribution in [0.1, 0.15) is 34.4 Å². The normalized spacial score (nSPS) is 24.2. The van der Waals surface area contributed by atoms with E-state index in [1.807, 2.05) is 0 Å². The second kappa shape index (κ2) is 4.55. The molecule has 1 aromatic carbocycles. The van der Waals surface area contributed by atoms with E-state index in [1.54, 1.807) is 6.92 Å². The maximum atomic E-state index is 12.1. The van der Waals surface area contributed by atoms with E-state index >= 15 is 0 Å². The standard InChI is InChI=1S/C12H18O3S/c1-10-5-7-11(8-6-10)16(13,14)15-9-12(2,3)4/h5-8H,9H2,1-4H3/i2D2,3D3,9D/t9?,12-/m1/s1. The lowest BCUT2D eigenvalue weighted by Crippen LogP contribution is -2.18. The molecule has 0 saturated carbocycles. The third kappa shape index (κ3) is 3.94. The molecule has 0 radical (unpaired) electrons. The van der Waals surface area contributed by atoms with E-state index in [2.05, 4.69) is 4.18 Å². The van der Waals surface area contributed by atoms with Crippen molar-refractivity contribution in [2.45, 2.75) is 32.5 Å². The van der Waals surface area contributed by atoms with Crippen LogP contribution < -0.4 is 0 Å². The van der Waals surface area contributed by atoms with Crippen LogP contribution in [-0.2, 0) is 14.3 Å². The molecule has 4 heteroatoms. The molecule has 0 saturated heterocycles. The van der Waals surface area contributed by atoms with Crippen LogP contribution in [-0.4, -0.2) is 15.0 Å². The maximum absolute atomic E-state index is 12.1. The summed E-state index contributed by atoms with van der Waals surface area (Å²) in [7, 11) is -4.36. The molecule has 0 fully saturated rings. The molecule has 0 aliphatic heterocycles. The van der Waals surface area contributed by atoms with Crippen molar-refractivity contribution in [3.05, 3.63) is 29.8 Å². The van der Waals surface area contributed by atoms with Gasteiger partial charge >= 0.3 is 0 Å². The first-order valence-corrected chi connectivity index (χ1v) is 6.00. The molecule has 1 aromatic rings. The summed E-state index contributed by atoms with van der Waals surface area (Å²) in [6.45, 7) is -4.22. The molecular formula is C12H18O3S. The number of benzene rings is 1. The van der Waals surface area contributed by atoms with Crippen molar-refractivity contribution < 1.29 is 20.8 Å². The number of hydrogen-bond donors (Lipinski definition) is 0. The average molecular weight is 248 g/mol. The minimum atomic E-state index is -4.36. The van der Waals surface area contributed by atoms with Gasteiger partial charge in [-0.05, 0) is 24.5 Å². The molecule has 1 unspecified atom stereocenters. The molecule has 0 heterocycles. The molecule has 0 aromatic heterocycles. The predicted molar refractivity (Wildman–Crippen MR) is 63.8 cm³/mol. The zero-order chi connectivity index (χ0) is 17.3. The third-order valence-corrected chi connectivity index (χ3v) is 2.93. The van der Waals surface area contributed by atoms with Crippen molar-refractivity contribution >= 4 is 10.1 Å². The van der Waals surface area contributed by atoms with Gasteiger partial charge in [0.25, 0.3) is 10.1 Å². The van der Waals surface area contributed by atoms with Crippen LogP contribution in [0.3, 0.4) is 0 Å². The summed E-state index contributed by atoms with van der Waals surface area (Å²) in [6, 6.07) is 5.64. The summed E-state index contributed by atoms with van der Waals surface area (Å²) >= 11 is 0. The van der Waals surface area contributed by atoms with E-state index in [1.165, 1.54) is 24.3 Å². The summed E-state index contributed by atoms with van der Waals surface area (Å²) < 4.78 is 73.5. The fourth-order valence-corrected chi connectivity index (χ4v) is 1.83. The Balaban J connectivity index is 3.13. The first kappa shape index (κ1) is 6.77. The molecule has 0 aliphatic carbocycles. The first-order chi connectivity index (χ1) is 9.82. The zero-order valence-corrected chi connectivity index (χ0v) is 9.91. The smallest absolute Gasteiger partial charge is 0.266 e. The molecule has 3 nitrogen and oxygen atoms in total.